The Morgan fingerprint density at radius 3 is 2.36 bits per heavy atom. The molecule has 2 aromatic carbocycles. The minimum Gasteiger partial charge on any atom is -0.331 e. The Kier molecular flexibility index (Phi) is 5.45. The monoisotopic (exact) mass is 361 g/mol. The minimum absolute atomic E-state index is 0.0562. The fourth-order valence-corrected chi connectivity index (χ4v) is 2.20. The summed E-state index contributed by atoms with van der Waals surface area (Å²) in [6.45, 7) is 3.86. The molecule has 2 aromatic rings. The van der Waals surface area contributed by atoms with Crippen molar-refractivity contribution in [3.63, 3.8) is 0 Å². The van der Waals surface area contributed by atoms with Gasteiger partial charge in [0.1, 0.15) is 5.69 Å². The summed E-state index contributed by atoms with van der Waals surface area (Å²) in [7, 11) is 0. The molecule has 0 aliphatic carbocycles. The van der Waals surface area contributed by atoms with Crippen molar-refractivity contribution in [1.82, 2.24) is 5.43 Å². The van der Waals surface area contributed by atoms with E-state index < -0.39 is 15.5 Å². The van der Waals surface area contributed by atoms with Crippen molar-refractivity contribution in [2.24, 2.45) is 0 Å². The molecule has 130 valence electrons. The average Bonchev–Trinajstić information content (AvgIpc) is 2.56. The van der Waals surface area contributed by atoms with Crippen LogP contribution in [0.5, 0.6) is 0 Å². The molecule has 0 amide bonds. The van der Waals surface area contributed by atoms with Crippen LogP contribution in [0.15, 0.2) is 36.4 Å². The van der Waals surface area contributed by atoms with E-state index in [0.29, 0.717) is 0 Å². The van der Waals surface area contributed by atoms with Gasteiger partial charge in [-0.25, -0.2) is 0 Å². The van der Waals surface area contributed by atoms with E-state index in [1.807, 2.05) is 32.0 Å². The Morgan fingerprint density at radius 2 is 1.72 bits per heavy atom. The van der Waals surface area contributed by atoms with Gasteiger partial charge in [0.05, 0.1) is 15.9 Å². The predicted molar refractivity (Wildman–Crippen MR) is 98.6 cm³/mol. The lowest BCUT2D eigenvalue weighted by molar-refractivity contribution is -0.393. The van der Waals surface area contributed by atoms with Gasteiger partial charge < -0.3 is 5.32 Å². The molecule has 0 atom stereocenters. The first kappa shape index (κ1) is 18.1. The molecule has 10 heteroatoms. The largest absolute Gasteiger partial charge is 0.331 e. The van der Waals surface area contributed by atoms with Crippen molar-refractivity contribution in [3.05, 3.63) is 67.8 Å². The van der Waals surface area contributed by atoms with Crippen LogP contribution >= 0.6 is 12.2 Å². The topological polar surface area (TPSA) is 122 Å². The summed E-state index contributed by atoms with van der Waals surface area (Å²) in [4.78, 5) is 20.4. The summed E-state index contributed by atoms with van der Waals surface area (Å²) < 4.78 is 0. The van der Waals surface area contributed by atoms with Gasteiger partial charge in [0.25, 0.3) is 5.69 Å². The predicted octanol–water partition coefficient (Wildman–Crippen LogP) is 3.43. The zero-order chi connectivity index (χ0) is 18.6. The molecule has 2 rings (SSSR count). The van der Waals surface area contributed by atoms with Crippen LogP contribution in [0.2, 0.25) is 0 Å². The number of benzene rings is 2. The van der Waals surface area contributed by atoms with Gasteiger partial charge in [-0.05, 0) is 49.3 Å². The Hall–Kier alpha value is -3.27. The zero-order valence-electron chi connectivity index (χ0n) is 13.4. The summed E-state index contributed by atoms with van der Waals surface area (Å²) >= 11 is 5.15. The molecule has 0 aromatic heterocycles. The van der Waals surface area contributed by atoms with Crippen LogP contribution in [0.4, 0.5) is 22.7 Å². The van der Waals surface area contributed by atoms with Crippen LogP contribution in [-0.4, -0.2) is 15.0 Å². The Bertz CT molecular complexity index is 856. The Balaban J connectivity index is 2.10. The number of aryl methyl sites for hydroxylation is 2. The van der Waals surface area contributed by atoms with Gasteiger partial charge >= 0.3 is 5.69 Å². The number of nitro benzene ring substituents is 2. The molecule has 0 saturated heterocycles. The number of nitro groups is 2. The molecule has 25 heavy (non-hydrogen) atoms. The molecule has 0 radical (unpaired) electrons. The lowest BCUT2D eigenvalue weighted by Gasteiger charge is -2.14. The van der Waals surface area contributed by atoms with Gasteiger partial charge in [-0.2, -0.15) is 0 Å². The molecule has 0 heterocycles. The smallest absolute Gasteiger partial charge is 0.300 e. The Labute approximate surface area is 148 Å². The van der Waals surface area contributed by atoms with E-state index in [2.05, 4.69) is 16.2 Å². The molecule has 0 spiro atoms. The molecule has 0 saturated carbocycles. The van der Waals surface area contributed by atoms with E-state index in [1.165, 1.54) is 6.07 Å². The van der Waals surface area contributed by atoms with Crippen molar-refractivity contribution >= 4 is 40.1 Å². The van der Waals surface area contributed by atoms with Crippen molar-refractivity contribution in [2.45, 2.75) is 13.8 Å². The molecule has 0 bridgehead atoms. The minimum atomic E-state index is -0.710. The summed E-state index contributed by atoms with van der Waals surface area (Å²) in [5, 5.41) is 25.0. The second-order valence-electron chi connectivity index (χ2n) is 5.24. The molecule has 9 nitrogen and oxygen atoms in total. The zero-order valence-corrected chi connectivity index (χ0v) is 14.2. The highest BCUT2D eigenvalue weighted by atomic mass is 32.1. The number of rotatable bonds is 5. The quantitative estimate of drug-likeness (QED) is 0.420. The number of hydrogen-bond donors (Lipinski definition) is 3. The third kappa shape index (κ3) is 4.61. The maximum atomic E-state index is 11.1. The van der Waals surface area contributed by atoms with Gasteiger partial charge in [0, 0.05) is 11.8 Å². The molecule has 0 fully saturated rings. The van der Waals surface area contributed by atoms with Gasteiger partial charge in [0.15, 0.2) is 5.11 Å². The maximum absolute atomic E-state index is 11.1. The van der Waals surface area contributed by atoms with Crippen LogP contribution in [-0.2, 0) is 0 Å². The van der Waals surface area contributed by atoms with Crippen molar-refractivity contribution in [3.8, 4) is 0 Å². The lowest BCUT2D eigenvalue weighted by Crippen LogP contribution is -2.33. The van der Waals surface area contributed by atoms with Gasteiger partial charge in [0.2, 0.25) is 0 Å². The van der Waals surface area contributed by atoms with E-state index in [-0.39, 0.29) is 16.5 Å². The normalized spacial score (nSPS) is 10.0. The molecular weight excluding hydrogens is 346 g/mol. The highest BCUT2D eigenvalue weighted by Crippen LogP contribution is 2.28. The van der Waals surface area contributed by atoms with Crippen molar-refractivity contribution < 1.29 is 9.85 Å². The first-order chi connectivity index (χ1) is 11.8. The first-order valence-electron chi connectivity index (χ1n) is 7.11. The second-order valence-corrected chi connectivity index (χ2v) is 5.65. The van der Waals surface area contributed by atoms with E-state index in [4.69, 9.17) is 12.2 Å². The second kappa shape index (κ2) is 7.53. The van der Waals surface area contributed by atoms with Gasteiger partial charge in [-0.1, -0.05) is 12.1 Å². The Morgan fingerprint density at radius 1 is 1.00 bits per heavy atom. The van der Waals surface area contributed by atoms with Crippen molar-refractivity contribution in [2.75, 3.05) is 10.7 Å². The van der Waals surface area contributed by atoms with Crippen LogP contribution < -0.4 is 16.2 Å². The average molecular weight is 361 g/mol. The third-order valence-corrected chi connectivity index (χ3v) is 3.54. The molecule has 3 N–H and O–H groups in total. The van der Waals surface area contributed by atoms with E-state index in [9.17, 15) is 20.2 Å². The van der Waals surface area contributed by atoms with E-state index in [0.717, 1.165) is 28.9 Å². The van der Waals surface area contributed by atoms with Gasteiger partial charge in [-0.15, -0.1) is 0 Å². The van der Waals surface area contributed by atoms with Crippen LogP contribution in [0.1, 0.15) is 11.1 Å². The number of anilines is 2. The van der Waals surface area contributed by atoms with Crippen LogP contribution in [0.3, 0.4) is 0 Å². The van der Waals surface area contributed by atoms with Crippen molar-refractivity contribution in [1.29, 1.82) is 0 Å². The fraction of sp³-hybridized carbons (Fsp3) is 0.133. The number of nitrogens with one attached hydrogen (secondary N) is 3. The fourth-order valence-electron chi connectivity index (χ4n) is 2.04. The third-order valence-electron chi connectivity index (χ3n) is 3.34. The number of nitrogens with zero attached hydrogens (tertiary/aromatic N) is 2. The summed E-state index contributed by atoms with van der Waals surface area (Å²) in [6, 6.07) is 9.11. The molecule has 0 aliphatic rings. The lowest BCUT2D eigenvalue weighted by atomic mass is 10.1. The number of thiocarbonyl (C=S) groups is 1. The molecule has 0 unspecified atom stereocenters. The molecular formula is C15H15N5O4S. The van der Waals surface area contributed by atoms with Crippen LogP contribution in [0, 0.1) is 34.1 Å². The number of hydrazine groups is 1. The highest BCUT2D eigenvalue weighted by molar-refractivity contribution is 7.80. The van der Waals surface area contributed by atoms with Gasteiger partial charge in [-0.3, -0.25) is 31.1 Å². The number of hydrogen-bond acceptors (Lipinski definition) is 6. The maximum Gasteiger partial charge on any atom is 0.300 e. The highest BCUT2D eigenvalue weighted by Gasteiger charge is 2.19. The SMILES string of the molecule is Cc1ccc(C)c(NC(=S)NNc2ccc([N+](=O)[O-])cc2[N+](=O)[O-])c1. The first-order valence-corrected chi connectivity index (χ1v) is 7.52. The molecule has 0 aliphatic heterocycles. The summed E-state index contributed by atoms with van der Waals surface area (Å²) in [5.41, 5.74) is 7.32. The summed E-state index contributed by atoms with van der Waals surface area (Å²) in [5.74, 6) is 0. The van der Waals surface area contributed by atoms with Crippen LogP contribution in [0.25, 0.3) is 0 Å². The summed E-state index contributed by atoms with van der Waals surface area (Å²) in [6.07, 6.45) is 0. The standard InChI is InChI=1S/C15H15N5O4S/c1-9-3-4-10(2)13(7-9)16-15(25)18-17-12-6-5-11(19(21)22)8-14(12)20(23)24/h3-8,17H,1-2H3,(H2,16,18,25). The van der Waals surface area contributed by atoms with E-state index in [1.54, 1.807) is 0 Å². The van der Waals surface area contributed by atoms with E-state index >= 15 is 0 Å². The number of non-ortho nitro benzene ring substituents is 1.